The molecule has 0 aromatic heterocycles. The quantitative estimate of drug-likeness (QED) is 0.718. The van der Waals surface area contributed by atoms with Gasteiger partial charge >= 0.3 is 0 Å². The summed E-state index contributed by atoms with van der Waals surface area (Å²) in [7, 11) is 1.75. The van der Waals surface area contributed by atoms with Crippen molar-refractivity contribution >= 4 is 17.3 Å². The summed E-state index contributed by atoms with van der Waals surface area (Å²) in [6, 6.07) is 1.21. The van der Waals surface area contributed by atoms with Gasteiger partial charge in [-0.15, -0.1) is 0 Å². The van der Waals surface area contributed by atoms with Gasteiger partial charge in [-0.2, -0.15) is 0 Å². The lowest BCUT2D eigenvalue weighted by molar-refractivity contribution is 0.159. The van der Waals surface area contributed by atoms with E-state index in [1.54, 1.807) is 7.11 Å². The number of thiocarbonyl (C=S) groups is 1. The van der Waals surface area contributed by atoms with Gasteiger partial charge in [0.15, 0.2) is 5.11 Å². The van der Waals surface area contributed by atoms with Crippen LogP contribution in [-0.2, 0) is 4.74 Å². The van der Waals surface area contributed by atoms with E-state index >= 15 is 0 Å². The molecule has 1 atom stereocenters. The highest BCUT2D eigenvalue weighted by molar-refractivity contribution is 7.80. The number of hydrogen-bond donors (Lipinski definition) is 1. The number of nitrogens with zero attached hydrogens (tertiary/aromatic N) is 1. The van der Waals surface area contributed by atoms with E-state index in [9.17, 15) is 0 Å². The van der Waals surface area contributed by atoms with E-state index in [0.29, 0.717) is 12.1 Å². The zero-order chi connectivity index (χ0) is 11.5. The van der Waals surface area contributed by atoms with Gasteiger partial charge in [0, 0.05) is 25.7 Å². The predicted molar refractivity (Wildman–Crippen MR) is 69.5 cm³/mol. The summed E-state index contributed by atoms with van der Waals surface area (Å²) in [6.45, 7) is 3.95. The molecule has 0 bridgehead atoms. The molecule has 0 spiro atoms. The summed E-state index contributed by atoms with van der Waals surface area (Å²) < 4.78 is 5.16. The van der Waals surface area contributed by atoms with E-state index in [1.165, 1.54) is 25.7 Å². The highest BCUT2D eigenvalue weighted by Crippen LogP contribution is 2.35. The summed E-state index contributed by atoms with van der Waals surface area (Å²) >= 11 is 5.49. The first kappa shape index (κ1) is 12.1. The maximum atomic E-state index is 5.49. The Labute approximate surface area is 104 Å². The second-order valence-corrected chi connectivity index (χ2v) is 5.37. The average Bonchev–Trinajstić information content (AvgIpc) is 3.11. The standard InChI is InChI=1S/C12H22N2OS/c1-9(10-3-4-10)14(7-8-15-2)12(16)13-11-5-6-11/h9-11H,3-8H2,1-2H3,(H,13,16). The lowest BCUT2D eigenvalue weighted by Gasteiger charge is -2.32. The normalized spacial score (nSPS) is 21.6. The molecule has 16 heavy (non-hydrogen) atoms. The highest BCUT2D eigenvalue weighted by Gasteiger charge is 2.34. The predicted octanol–water partition coefficient (Wildman–Crippen LogP) is 1.77. The van der Waals surface area contributed by atoms with Gasteiger partial charge in [0.2, 0.25) is 0 Å². The van der Waals surface area contributed by atoms with Crippen LogP contribution in [0.4, 0.5) is 0 Å². The smallest absolute Gasteiger partial charge is 0.169 e. The average molecular weight is 242 g/mol. The van der Waals surface area contributed by atoms with E-state index in [0.717, 1.165) is 24.2 Å². The van der Waals surface area contributed by atoms with E-state index in [-0.39, 0.29) is 0 Å². The summed E-state index contributed by atoms with van der Waals surface area (Å²) in [6.07, 6.45) is 5.26. The molecule has 0 aromatic rings. The van der Waals surface area contributed by atoms with Crippen LogP contribution in [0.25, 0.3) is 0 Å². The monoisotopic (exact) mass is 242 g/mol. The van der Waals surface area contributed by atoms with Gasteiger partial charge in [0.1, 0.15) is 0 Å². The van der Waals surface area contributed by atoms with Gasteiger partial charge in [-0.1, -0.05) is 0 Å². The molecule has 1 N–H and O–H groups in total. The third kappa shape index (κ3) is 3.32. The second-order valence-electron chi connectivity index (χ2n) is 4.99. The van der Waals surface area contributed by atoms with Crippen LogP contribution in [-0.4, -0.2) is 42.4 Å². The lowest BCUT2D eigenvalue weighted by Crippen LogP contribution is -2.47. The maximum absolute atomic E-state index is 5.49. The van der Waals surface area contributed by atoms with Crippen molar-refractivity contribution in [2.75, 3.05) is 20.3 Å². The summed E-state index contributed by atoms with van der Waals surface area (Å²) in [5.41, 5.74) is 0. The molecule has 3 nitrogen and oxygen atoms in total. The Morgan fingerprint density at radius 2 is 2.12 bits per heavy atom. The van der Waals surface area contributed by atoms with E-state index in [2.05, 4.69) is 17.1 Å². The molecule has 92 valence electrons. The molecule has 0 saturated heterocycles. The molecule has 0 amide bonds. The van der Waals surface area contributed by atoms with Crippen molar-refractivity contribution in [1.82, 2.24) is 10.2 Å². The van der Waals surface area contributed by atoms with Gasteiger partial charge in [-0.25, -0.2) is 0 Å². The molecular formula is C12H22N2OS. The Balaban J connectivity index is 1.85. The van der Waals surface area contributed by atoms with Crippen LogP contribution < -0.4 is 5.32 Å². The SMILES string of the molecule is COCCN(C(=S)NC1CC1)C(C)C1CC1. The van der Waals surface area contributed by atoms with Crippen molar-refractivity contribution in [3.05, 3.63) is 0 Å². The van der Waals surface area contributed by atoms with Crippen molar-refractivity contribution in [2.24, 2.45) is 5.92 Å². The van der Waals surface area contributed by atoms with Crippen LogP contribution in [0.3, 0.4) is 0 Å². The van der Waals surface area contributed by atoms with Crippen LogP contribution in [0, 0.1) is 5.92 Å². The first-order valence-electron chi connectivity index (χ1n) is 6.28. The van der Waals surface area contributed by atoms with Crippen molar-refractivity contribution in [3.8, 4) is 0 Å². The lowest BCUT2D eigenvalue weighted by atomic mass is 10.2. The molecule has 2 saturated carbocycles. The Kier molecular flexibility index (Phi) is 4.03. The fourth-order valence-electron chi connectivity index (χ4n) is 2.00. The molecule has 4 heteroatoms. The van der Waals surface area contributed by atoms with Crippen molar-refractivity contribution in [2.45, 2.75) is 44.7 Å². The van der Waals surface area contributed by atoms with Crippen molar-refractivity contribution < 1.29 is 4.74 Å². The van der Waals surface area contributed by atoms with Crippen molar-refractivity contribution in [1.29, 1.82) is 0 Å². The van der Waals surface area contributed by atoms with E-state index in [4.69, 9.17) is 17.0 Å². The Morgan fingerprint density at radius 3 is 2.62 bits per heavy atom. The number of nitrogens with one attached hydrogen (secondary N) is 1. The zero-order valence-electron chi connectivity index (χ0n) is 10.2. The molecule has 0 aromatic carbocycles. The minimum absolute atomic E-state index is 0.564. The number of ether oxygens (including phenoxy) is 1. The topological polar surface area (TPSA) is 24.5 Å². The van der Waals surface area contributed by atoms with E-state index in [1.807, 2.05) is 0 Å². The summed E-state index contributed by atoms with van der Waals surface area (Å²) in [5, 5.41) is 4.36. The molecule has 2 rings (SSSR count). The van der Waals surface area contributed by atoms with Gasteiger partial charge in [0.05, 0.1) is 6.61 Å². The Morgan fingerprint density at radius 1 is 1.44 bits per heavy atom. The molecule has 2 fully saturated rings. The Bertz CT molecular complexity index is 251. The molecule has 0 radical (unpaired) electrons. The molecule has 2 aliphatic carbocycles. The van der Waals surface area contributed by atoms with Crippen LogP contribution in [0.5, 0.6) is 0 Å². The maximum Gasteiger partial charge on any atom is 0.169 e. The third-order valence-corrected chi connectivity index (χ3v) is 3.85. The van der Waals surface area contributed by atoms with Crippen LogP contribution in [0.1, 0.15) is 32.6 Å². The molecule has 2 aliphatic rings. The molecule has 0 heterocycles. The van der Waals surface area contributed by atoms with Crippen LogP contribution >= 0.6 is 12.2 Å². The van der Waals surface area contributed by atoms with Crippen LogP contribution in [0.2, 0.25) is 0 Å². The molecule has 1 unspecified atom stereocenters. The van der Waals surface area contributed by atoms with Gasteiger partial charge in [-0.3, -0.25) is 0 Å². The van der Waals surface area contributed by atoms with Crippen LogP contribution in [0.15, 0.2) is 0 Å². The molecular weight excluding hydrogens is 220 g/mol. The first-order valence-corrected chi connectivity index (χ1v) is 6.69. The fraction of sp³-hybridized carbons (Fsp3) is 0.917. The zero-order valence-corrected chi connectivity index (χ0v) is 11.1. The minimum atomic E-state index is 0.564. The second kappa shape index (κ2) is 5.32. The highest BCUT2D eigenvalue weighted by atomic mass is 32.1. The molecule has 0 aliphatic heterocycles. The van der Waals surface area contributed by atoms with Crippen molar-refractivity contribution in [3.63, 3.8) is 0 Å². The van der Waals surface area contributed by atoms with Gasteiger partial charge in [0.25, 0.3) is 0 Å². The van der Waals surface area contributed by atoms with E-state index < -0.39 is 0 Å². The number of methoxy groups -OCH3 is 1. The summed E-state index contributed by atoms with van der Waals surface area (Å²) in [4.78, 5) is 2.31. The Hall–Kier alpha value is -0.350. The number of rotatable bonds is 6. The van der Waals surface area contributed by atoms with Gasteiger partial charge < -0.3 is 15.0 Å². The third-order valence-electron chi connectivity index (χ3n) is 3.50. The fourth-order valence-corrected chi connectivity index (χ4v) is 2.42. The summed E-state index contributed by atoms with van der Waals surface area (Å²) in [5.74, 6) is 0.843. The number of hydrogen-bond acceptors (Lipinski definition) is 2. The first-order chi connectivity index (χ1) is 7.72. The largest absolute Gasteiger partial charge is 0.383 e. The van der Waals surface area contributed by atoms with Gasteiger partial charge in [-0.05, 0) is 50.7 Å². The minimum Gasteiger partial charge on any atom is -0.383 e.